The Labute approximate surface area is 588 Å². The molecule has 0 saturated carbocycles. The van der Waals surface area contributed by atoms with Crippen LogP contribution in [0.5, 0.6) is 0 Å². The minimum Gasteiger partial charge on any atom is -0.371 e. The van der Waals surface area contributed by atoms with Crippen LogP contribution in [0.4, 0.5) is 34.4 Å². The molecule has 17 rings (SSSR count). The third-order valence-electron chi connectivity index (χ3n) is 21.8. The van der Waals surface area contributed by atoms with Gasteiger partial charge in [0, 0.05) is 185 Å². The Bertz CT molecular complexity index is 4740. The third-order valence-corrected chi connectivity index (χ3v) is 21.8. The molecule has 10 aliphatic heterocycles. The van der Waals surface area contributed by atoms with Gasteiger partial charge < -0.3 is 34.6 Å². The number of aryl methyl sites for hydroxylation is 1. The molecule has 13 heterocycles. The molecule has 8 fully saturated rings. The van der Waals surface area contributed by atoms with Gasteiger partial charge >= 0.3 is 0 Å². The largest absolute Gasteiger partial charge is 0.371 e. The van der Waals surface area contributed by atoms with E-state index in [-0.39, 0.29) is 70.2 Å². The van der Waals surface area contributed by atoms with Crippen molar-refractivity contribution < 1.29 is 53.0 Å². The molecule has 4 aromatic carbocycles. The van der Waals surface area contributed by atoms with Crippen LogP contribution in [-0.2, 0) is 24.0 Å². The molecule has 7 aromatic rings. The van der Waals surface area contributed by atoms with E-state index in [0.29, 0.717) is 52.4 Å². The zero-order chi connectivity index (χ0) is 71.8. The number of imide groups is 4. The number of aromatic amines is 1. The van der Waals surface area contributed by atoms with Crippen LogP contribution in [0.3, 0.4) is 0 Å². The van der Waals surface area contributed by atoms with Gasteiger partial charge in [0.15, 0.2) is 0 Å². The van der Waals surface area contributed by atoms with Crippen molar-refractivity contribution in [2.45, 2.75) is 70.4 Å². The fourth-order valence-electron chi connectivity index (χ4n) is 16.1. The zero-order valence-corrected chi connectivity index (χ0v) is 56.3. The van der Waals surface area contributed by atoms with E-state index in [0.717, 1.165) is 159 Å². The number of nitrogens with one attached hydrogen (secondary N) is 5. The quantitative estimate of drug-likeness (QED) is 0.0291. The van der Waals surface area contributed by atoms with Crippen LogP contribution in [0.1, 0.15) is 109 Å². The lowest BCUT2D eigenvalue weighted by Gasteiger charge is -2.61. The molecule has 30 nitrogen and oxygen atoms in total. The normalized spacial score (nSPS) is 21.3. The number of amides is 8. The van der Waals surface area contributed by atoms with Crippen LogP contribution < -0.4 is 35.6 Å². The summed E-state index contributed by atoms with van der Waals surface area (Å²) in [6, 6.07) is 25.4. The van der Waals surface area contributed by atoms with E-state index in [1.807, 2.05) is 31.2 Å². The van der Waals surface area contributed by atoms with E-state index in [1.54, 1.807) is 67.0 Å². The summed E-state index contributed by atoms with van der Waals surface area (Å²) >= 11 is 0. The summed E-state index contributed by atoms with van der Waals surface area (Å²) in [5.41, 5.74) is 8.25. The Balaban J connectivity index is 0.000000138. The molecule has 8 amide bonds. The number of carbonyl (C=O) groups excluding carboxylic acids is 9. The molecule has 528 valence electrons. The molecule has 0 aliphatic carbocycles. The molecule has 30 heteroatoms. The molecule has 103 heavy (non-hydrogen) atoms. The summed E-state index contributed by atoms with van der Waals surface area (Å²) in [6.07, 6.45) is 8.49. The van der Waals surface area contributed by atoms with Gasteiger partial charge in [-0.1, -0.05) is 6.07 Å². The first-order valence-electron chi connectivity index (χ1n) is 34.6. The molecule has 0 radical (unpaired) electrons. The molecule has 2 spiro atoms. The lowest BCUT2D eigenvalue weighted by atomic mass is 9.72. The highest BCUT2D eigenvalue weighted by Gasteiger charge is 2.53. The second-order valence-corrected chi connectivity index (χ2v) is 28.7. The highest BCUT2D eigenvalue weighted by molar-refractivity contribution is 6.25. The van der Waals surface area contributed by atoms with Crippen molar-refractivity contribution in [2.24, 2.45) is 22.7 Å². The number of likely N-dealkylation sites (tertiary alicyclic amines) is 1. The van der Waals surface area contributed by atoms with Crippen molar-refractivity contribution in [2.75, 3.05) is 105 Å². The first-order chi connectivity index (χ1) is 49.6. The lowest BCUT2D eigenvalue weighted by molar-refractivity contribution is -0.385. The van der Waals surface area contributed by atoms with Crippen LogP contribution in [-0.4, -0.2) is 201 Å². The number of nitro groups is 2. The number of anilines is 4. The topological polar surface area (TPSA) is 377 Å². The number of H-pyrrole nitrogens is 1. The van der Waals surface area contributed by atoms with Crippen molar-refractivity contribution in [3.05, 3.63) is 169 Å². The summed E-state index contributed by atoms with van der Waals surface area (Å²) < 4.78 is 0. The molecular weight excluding hydrogens is 1320 g/mol. The van der Waals surface area contributed by atoms with Gasteiger partial charge in [0.1, 0.15) is 35.7 Å². The van der Waals surface area contributed by atoms with Gasteiger partial charge in [-0.05, 0) is 124 Å². The van der Waals surface area contributed by atoms with Crippen molar-refractivity contribution >= 4 is 105 Å². The van der Waals surface area contributed by atoms with Gasteiger partial charge in [0.25, 0.3) is 35.0 Å². The number of carbonyl (C=O) groups is 9. The van der Waals surface area contributed by atoms with Crippen LogP contribution >= 0.6 is 0 Å². The number of nitrogens with zero attached hydrogens (tertiary/aromatic N) is 12. The van der Waals surface area contributed by atoms with E-state index in [9.17, 15) is 63.4 Å². The van der Waals surface area contributed by atoms with Gasteiger partial charge in [0.05, 0.1) is 43.3 Å². The molecule has 2 atom stereocenters. The van der Waals surface area contributed by atoms with Crippen molar-refractivity contribution in [1.29, 1.82) is 5.41 Å². The summed E-state index contributed by atoms with van der Waals surface area (Å²) in [5.74, 6) is -1.61. The second kappa shape index (κ2) is 26.8. The average molecular weight is 1400 g/mol. The maximum Gasteiger partial charge on any atom is 0.270 e. The standard InChI is InChI=1S/C37H38N8O6.C19H19N3O5.C17H16N6O2/c1-22-2-3-26(45(50)51)16-28(22)33(38)24-8-11-39-31(14-24)43-20-37(21-43)18-41(19-37)17-23-9-12-42(13-10-23)25-4-5-27-29(15-25)36(49)44(35(27)48)30-6-7-32(46)40-34(30)47;23-10-11-5-7-21(8-6-11)12-1-2-13-14(9-12)19(27)22(18(13)26)15-3-4-16(24)20-17(15)25;24-23(25)12-1-2-14-13(6-12)16(21-20-14)11-3-4-19-15(5-11)22-9-17(10-22)7-18-8-17/h2-5,8,11,14-16,23,30,38H,6-7,9-10,12-13,17-21H2,1H3,(H,40,46,47);1-2,9-11,15H,3-8H2,(H,20,24,25);1-6,18H,7-10H2,(H,20,21). The molecule has 8 saturated heterocycles. The number of aldehydes is 1. The fourth-order valence-corrected chi connectivity index (χ4v) is 16.1. The van der Waals surface area contributed by atoms with Crippen LogP contribution in [0.2, 0.25) is 0 Å². The highest BCUT2D eigenvalue weighted by atomic mass is 16.6. The number of hydrogen-bond acceptors (Lipinski definition) is 23. The van der Waals surface area contributed by atoms with Gasteiger partial charge in [-0.15, -0.1) is 0 Å². The molecule has 2 unspecified atom stereocenters. The number of rotatable bonds is 14. The number of benzene rings is 4. The Morgan fingerprint density at radius 3 is 1.65 bits per heavy atom. The molecule has 3 aromatic heterocycles. The maximum atomic E-state index is 13.3. The number of pyridine rings is 2. The smallest absolute Gasteiger partial charge is 0.270 e. The predicted molar refractivity (Wildman–Crippen MR) is 375 cm³/mol. The van der Waals surface area contributed by atoms with Crippen molar-refractivity contribution in [1.82, 2.24) is 50.8 Å². The van der Waals surface area contributed by atoms with E-state index in [4.69, 9.17) is 5.41 Å². The average Bonchev–Trinajstić information content (AvgIpc) is 1.69. The van der Waals surface area contributed by atoms with E-state index in [1.165, 1.54) is 18.2 Å². The minimum absolute atomic E-state index is 0.0310. The van der Waals surface area contributed by atoms with Gasteiger partial charge in [0.2, 0.25) is 23.6 Å². The van der Waals surface area contributed by atoms with Gasteiger partial charge in [-0.25, -0.2) is 9.97 Å². The molecule has 0 bridgehead atoms. The Hall–Kier alpha value is -11.5. The Kier molecular flexibility index (Phi) is 17.5. The Morgan fingerprint density at radius 2 is 1.11 bits per heavy atom. The third kappa shape index (κ3) is 12.8. The molecule has 10 aliphatic rings. The number of hydrogen-bond donors (Lipinski definition) is 5. The van der Waals surface area contributed by atoms with E-state index in [2.05, 4.69) is 60.6 Å². The first kappa shape index (κ1) is 67.3. The monoisotopic (exact) mass is 1400 g/mol. The van der Waals surface area contributed by atoms with Gasteiger partial charge in [-0.3, -0.25) is 89.5 Å². The molecule has 5 N–H and O–H groups in total. The van der Waals surface area contributed by atoms with Crippen LogP contribution in [0, 0.1) is 55.2 Å². The number of fused-ring (bicyclic) bond motifs is 3. The number of nitro benzene ring substituents is 2. The summed E-state index contributed by atoms with van der Waals surface area (Å²) in [5, 5.41) is 46.9. The summed E-state index contributed by atoms with van der Waals surface area (Å²) in [7, 11) is 0. The van der Waals surface area contributed by atoms with Gasteiger partial charge in [-0.2, -0.15) is 5.10 Å². The summed E-state index contributed by atoms with van der Waals surface area (Å²) in [6.45, 7) is 14.1. The van der Waals surface area contributed by atoms with Crippen LogP contribution in [0.25, 0.3) is 22.2 Å². The van der Waals surface area contributed by atoms with Crippen LogP contribution in [0.15, 0.2) is 109 Å². The van der Waals surface area contributed by atoms with Crippen molar-refractivity contribution in [3.8, 4) is 11.3 Å². The summed E-state index contributed by atoms with van der Waals surface area (Å²) in [4.78, 5) is 154. The number of aromatic nitrogens is 4. The first-order valence-corrected chi connectivity index (χ1v) is 34.6. The second-order valence-electron chi connectivity index (χ2n) is 28.7. The maximum absolute atomic E-state index is 13.3. The highest BCUT2D eigenvalue weighted by Crippen LogP contribution is 2.44. The van der Waals surface area contributed by atoms with E-state index >= 15 is 0 Å². The van der Waals surface area contributed by atoms with Crippen molar-refractivity contribution in [3.63, 3.8) is 0 Å². The number of non-ortho nitro benzene ring substituents is 2. The number of piperidine rings is 4. The molecular formula is C73H73N17O13. The fraction of sp³-hybridized carbons (Fsp3) is 0.384. The predicted octanol–water partition coefficient (Wildman–Crippen LogP) is 5.60. The Morgan fingerprint density at radius 1 is 0.583 bits per heavy atom. The lowest BCUT2D eigenvalue weighted by Crippen LogP contribution is -2.72. The zero-order valence-electron chi connectivity index (χ0n) is 56.3. The van der Waals surface area contributed by atoms with E-state index < -0.39 is 64.3 Å². The SMILES string of the molecule is Cc1ccc([N+](=O)[O-])cc1C(=N)c1ccnc(N2CC3(CN(CC4CCN(c5ccc6c(c5)C(=O)N(C5CCC(=O)NC5=O)C6=O)CC4)C3)C2)c1.O=CC1CCN(c2ccc3c(c2)C(=O)N(C2CCC(=O)NC2=O)C3=O)CC1.O=[N+]([O-])c1ccc2[nH]nc(-c3ccnc(N4CC5(CNC5)C4)c3)c2c1. The minimum atomic E-state index is -0.972.